The lowest BCUT2D eigenvalue weighted by molar-refractivity contribution is 0.00877. The molecule has 1 aromatic heterocycles. The second-order valence-electron chi connectivity index (χ2n) is 8.25. The van der Waals surface area contributed by atoms with E-state index >= 15 is 0 Å². The summed E-state index contributed by atoms with van der Waals surface area (Å²) in [6, 6.07) is 15.6. The van der Waals surface area contributed by atoms with Gasteiger partial charge in [0.2, 0.25) is 0 Å². The second kappa shape index (κ2) is 8.26. The zero-order chi connectivity index (χ0) is 21.5. The number of benzene rings is 2. The van der Waals surface area contributed by atoms with Gasteiger partial charge in [-0.25, -0.2) is 0 Å². The van der Waals surface area contributed by atoms with Gasteiger partial charge in [0.25, 0.3) is 11.8 Å². The smallest absolute Gasteiger partial charge is 0.264 e. The molecule has 2 amide bonds. The highest BCUT2D eigenvalue weighted by molar-refractivity contribution is 7.21. The van der Waals surface area contributed by atoms with Crippen LogP contribution in [0.4, 0.5) is 0 Å². The van der Waals surface area contributed by atoms with Crippen LogP contribution in [0.15, 0.2) is 48.5 Å². The first-order chi connectivity index (χ1) is 15.0. The van der Waals surface area contributed by atoms with Crippen molar-refractivity contribution in [1.82, 2.24) is 14.7 Å². The van der Waals surface area contributed by atoms with E-state index in [2.05, 4.69) is 4.90 Å². The average molecular weight is 454 g/mol. The number of aryl methyl sites for hydroxylation is 1. The molecule has 160 valence electrons. The van der Waals surface area contributed by atoms with Gasteiger partial charge in [-0.15, -0.1) is 11.3 Å². The Labute approximate surface area is 190 Å². The number of hydrogen-bond donors (Lipinski definition) is 0. The van der Waals surface area contributed by atoms with E-state index in [1.54, 1.807) is 11.3 Å². The summed E-state index contributed by atoms with van der Waals surface area (Å²) in [5.41, 5.74) is 1.76. The fraction of sp³-hybridized carbons (Fsp3) is 0.333. The van der Waals surface area contributed by atoms with Crippen LogP contribution in [0.3, 0.4) is 0 Å². The Morgan fingerprint density at radius 2 is 1.65 bits per heavy atom. The molecular formula is C24H24ClN3O2S. The predicted octanol–water partition coefficient (Wildman–Crippen LogP) is 4.15. The maximum absolute atomic E-state index is 13.1. The third-order valence-corrected chi connectivity index (χ3v) is 7.88. The van der Waals surface area contributed by atoms with Crippen LogP contribution < -0.4 is 0 Å². The molecule has 3 heterocycles. The molecule has 0 N–H and O–H groups in total. The van der Waals surface area contributed by atoms with Crippen molar-refractivity contribution in [3.63, 3.8) is 0 Å². The maximum Gasteiger partial charge on any atom is 0.264 e. The van der Waals surface area contributed by atoms with Crippen molar-refractivity contribution < 1.29 is 9.59 Å². The molecule has 2 saturated heterocycles. The van der Waals surface area contributed by atoms with Crippen LogP contribution in [0.2, 0.25) is 5.02 Å². The minimum Gasteiger partial charge on any atom is -0.336 e. The Hall–Kier alpha value is -2.41. The number of halogens is 1. The molecule has 0 unspecified atom stereocenters. The van der Waals surface area contributed by atoms with E-state index in [9.17, 15) is 9.59 Å². The number of nitrogens with zero attached hydrogens (tertiary/aromatic N) is 3. The molecule has 0 spiro atoms. The summed E-state index contributed by atoms with van der Waals surface area (Å²) >= 11 is 7.68. The Kier molecular flexibility index (Phi) is 5.46. The minimum atomic E-state index is 0.103. The van der Waals surface area contributed by atoms with Crippen LogP contribution in [-0.4, -0.2) is 71.8 Å². The van der Waals surface area contributed by atoms with E-state index in [0.717, 1.165) is 65.4 Å². The van der Waals surface area contributed by atoms with Crippen LogP contribution in [0.1, 0.15) is 25.6 Å². The number of amides is 2. The fourth-order valence-corrected chi connectivity index (χ4v) is 5.78. The van der Waals surface area contributed by atoms with E-state index < -0.39 is 0 Å². The highest BCUT2D eigenvalue weighted by atomic mass is 35.5. The van der Waals surface area contributed by atoms with E-state index in [1.165, 1.54) is 0 Å². The average Bonchev–Trinajstić information content (AvgIpc) is 3.09. The first-order valence-corrected chi connectivity index (χ1v) is 11.8. The third-order valence-electron chi connectivity index (χ3n) is 6.38. The predicted molar refractivity (Wildman–Crippen MR) is 125 cm³/mol. The third kappa shape index (κ3) is 3.84. The van der Waals surface area contributed by atoms with Gasteiger partial charge in [-0.3, -0.25) is 14.5 Å². The van der Waals surface area contributed by atoms with Gasteiger partial charge in [0.1, 0.15) is 0 Å². The van der Waals surface area contributed by atoms with Gasteiger partial charge in [0.15, 0.2) is 0 Å². The van der Waals surface area contributed by atoms with Crippen LogP contribution in [0.25, 0.3) is 10.1 Å². The Morgan fingerprint density at radius 3 is 2.35 bits per heavy atom. The van der Waals surface area contributed by atoms with Crippen LogP contribution in [0.5, 0.6) is 0 Å². The molecule has 2 fully saturated rings. The lowest BCUT2D eigenvalue weighted by Gasteiger charge is -2.48. The molecule has 0 aliphatic carbocycles. The summed E-state index contributed by atoms with van der Waals surface area (Å²) in [6.45, 7) is 6.67. The number of likely N-dealkylation sites (tertiary alicyclic amines) is 1. The lowest BCUT2D eigenvalue weighted by Crippen LogP contribution is -2.64. The monoisotopic (exact) mass is 453 g/mol. The first kappa shape index (κ1) is 20.5. The molecule has 0 bridgehead atoms. The van der Waals surface area contributed by atoms with Crippen LogP contribution in [0, 0.1) is 6.92 Å². The summed E-state index contributed by atoms with van der Waals surface area (Å²) in [7, 11) is 0. The Morgan fingerprint density at radius 1 is 0.935 bits per heavy atom. The zero-order valence-corrected chi connectivity index (χ0v) is 19.0. The molecule has 2 aliphatic rings. The van der Waals surface area contributed by atoms with Gasteiger partial charge < -0.3 is 9.80 Å². The number of thiophene rings is 1. The van der Waals surface area contributed by atoms with E-state index in [0.29, 0.717) is 11.1 Å². The number of piperazine rings is 1. The molecule has 2 aliphatic heterocycles. The molecule has 7 heteroatoms. The van der Waals surface area contributed by atoms with Crippen LogP contribution in [-0.2, 0) is 0 Å². The number of carbonyl (C=O) groups excluding carboxylic acids is 2. The van der Waals surface area contributed by atoms with E-state index in [4.69, 9.17) is 11.6 Å². The quantitative estimate of drug-likeness (QED) is 0.598. The highest BCUT2D eigenvalue weighted by Crippen LogP contribution is 2.34. The van der Waals surface area contributed by atoms with Gasteiger partial charge >= 0.3 is 0 Å². The largest absolute Gasteiger partial charge is 0.336 e. The normalized spacial score (nSPS) is 17.7. The first-order valence-electron chi connectivity index (χ1n) is 10.6. The minimum absolute atomic E-state index is 0.103. The molecule has 31 heavy (non-hydrogen) atoms. The van der Waals surface area contributed by atoms with E-state index in [1.807, 2.05) is 65.3 Å². The zero-order valence-electron chi connectivity index (χ0n) is 17.4. The topological polar surface area (TPSA) is 43.9 Å². The molecule has 3 aromatic rings. The van der Waals surface area contributed by atoms with Crippen molar-refractivity contribution in [3.05, 3.63) is 69.6 Å². The highest BCUT2D eigenvalue weighted by Gasteiger charge is 2.37. The van der Waals surface area contributed by atoms with Gasteiger partial charge in [0.05, 0.1) is 4.88 Å². The lowest BCUT2D eigenvalue weighted by atomic mass is 10.0. The Balaban J connectivity index is 1.17. The van der Waals surface area contributed by atoms with Gasteiger partial charge in [0, 0.05) is 60.6 Å². The molecular weight excluding hydrogens is 430 g/mol. The van der Waals surface area contributed by atoms with Gasteiger partial charge in [-0.2, -0.15) is 0 Å². The van der Waals surface area contributed by atoms with Gasteiger partial charge in [-0.05, 0) is 48.2 Å². The number of hydrogen-bond acceptors (Lipinski definition) is 4. The summed E-state index contributed by atoms with van der Waals surface area (Å²) in [4.78, 5) is 32.8. The van der Waals surface area contributed by atoms with Crippen molar-refractivity contribution >= 4 is 44.8 Å². The van der Waals surface area contributed by atoms with Crippen molar-refractivity contribution in [2.75, 3.05) is 39.3 Å². The van der Waals surface area contributed by atoms with Gasteiger partial charge in [-0.1, -0.05) is 29.8 Å². The summed E-state index contributed by atoms with van der Waals surface area (Å²) in [5, 5.41) is 1.76. The molecule has 2 aromatic carbocycles. The summed E-state index contributed by atoms with van der Waals surface area (Å²) < 4.78 is 1.10. The molecule has 5 nitrogen and oxygen atoms in total. The number of carbonyl (C=O) groups is 2. The molecule has 0 radical (unpaired) electrons. The molecule has 0 saturated carbocycles. The maximum atomic E-state index is 13.1. The number of rotatable bonds is 3. The van der Waals surface area contributed by atoms with Crippen LogP contribution >= 0.6 is 22.9 Å². The van der Waals surface area contributed by atoms with Crippen molar-refractivity contribution in [1.29, 1.82) is 0 Å². The van der Waals surface area contributed by atoms with E-state index in [-0.39, 0.29) is 11.8 Å². The summed E-state index contributed by atoms with van der Waals surface area (Å²) in [5.74, 6) is 0.218. The fourth-order valence-electron chi connectivity index (χ4n) is 4.45. The number of fused-ring (bicyclic) bond motifs is 1. The summed E-state index contributed by atoms with van der Waals surface area (Å²) in [6.07, 6.45) is 0. The molecule has 5 rings (SSSR count). The molecule has 0 atom stereocenters. The van der Waals surface area contributed by atoms with Crippen molar-refractivity contribution in [3.8, 4) is 0 Å². The van der Waals surface area contributed by atoms with Crippen molar-refractivity contribution in [2.24, 2.45) is 0 Å². The van der Waals surface area contributed by atoms with Crippen molar-refractivity contribution in [2.45, 2.75) is 13.0 Å². The SMILES string of the molecule is Cc1c(C(=O)N2CC(N3CCN(C(=O)c4ccccc4)CC3)C2)sc2ccc(Cl)cc12. The standard InChI is InChI=1S/C24H24ClN3O2S/c1-16-20-13-18(25)7-8-21(20)31-22(16)24(30)28-14-19(15-28)26-9-11-27(12-10-26)23(29)17-5-3-2-4-6-17/h2-8,13,19H,9-12,14-15H2,1H3. The second-order valence-corrected chi connectivity index (χ2v) is 9.74. The Bertz CT molecular complexity index is 1130.